The largest absolute Gasteiger partial charge is 0.481 e. The molecule has 0 saturated carbocycles. The summed E-state index contributed by atoms with van der Waals surface area (Å²) in [6, 6.07) is 3.54. The maximum Gasteiger partial charge on any atom is 0.215 e. The first-order chi connectivity index (χ1) is 7.13. The molecule has 0 saturated heterocycles. The molecule has 2 aromatic heterocycles. The maximum absolute atomic E-state index is 5.86. The molecule has 4 N–H and O–H groups in total. The van der Waals surface area contributed by atoms with E-state index >= 15 is 0 Å². The Balaban J connectivity index is 2.80. The SMILES string of the molecule is COc1ccc2c(N)c(N)c(C)nc2n1. The molecular formula is C10H12N4O. The fourth-order valence-corrected chi connectivity index (χ4v) is 1.40. The number of pyridine rings is 2. The smallest absolute Gasteiger partial charge is 0.215 e. The number of nitrogens with two attached hydrogens (primary N) is 2. The normalized spacial score (nSPS) is 10.5. The molecule has 2 rings (SSSR count). The fraction of sp³-hybridized carbons (Fsp3) is 0.200. The van der Waals surface area contributed by atoms with Gasteiger partial charge in [0.1, 0.15) is 0 Å². The zero-order chi connectivity index (χ0) is 11.0. The number of rotatable bonds is 1. The van der Waals surface area contributed by atoms with Crippen LogP contribution in [0.2, 0.25) is 0 Å². The minimum atomic E-state index is 0.509. The average Bonchev–Trinajstić information content (AvgIpc) is 2.25. The van der Waals surface area contributed by atoms with Crippen LogP contribution in [0.5, 0.6) is 5.88 Å². The van der Waals surface area contributed by atoms with Crippen molar-refractivity contribution in [2.75, 3.05) is 18.6 Å². The van der Waals surface area contributed by atoms with Gasteiger partial charge in [-0.1, -0.05) is 0 Å². The summed E-state index contributed by atoms with van der Waals surface area (Å²) in [7, 11) is 1.56. The van der Waals surface area contributed by atoms with Crippen LogP contribution < -0.4 is 16.2 Å². The predicted octanol–water partition coefficient (Wildman–Crippen LogP) is 1.11. The summed E-state index contributed by atoms with van der Waals surface area (Å²) < 4.78 is 5.01. The molecule has 78 valence electrons. The molecule has 0 spiro atoms. The lowest BCUT2D eigenvalue weighted by Gasteiger charge is -2.08. The van der Waals surface area contributed by atoms with Crippen LogP contribution in [-0.4, -0.2) is 17.1 Å². The van der Waals surface area contributed by atoms with E-state index in [1.165, 1.54) is 0 Å². The Bertz CT molecular complexity index is 524. The minimum absolute atomic E-state index is 0.509. The Kier molecular flexibility index (Phi) is 2.07. The highest BCUT2D eigenvalue weighted by Crippen LogP contribution is 2.27. The lowest BCUT2D eigenvalue weighted by molar-refractivity contribution is 0.399. The van der Waals surface area contributed by atoms with Crippen LogP contribution in [0, 0.1) is 6.92 Å². The standard InChI is InChI=1S/C10H12N4O/c1-5-8(11)9(12)6-3-4-7(15-2)14-10(6)13-5/h3-4H,11H2,1-2H3,(H2,12,13,14). The molecule has 0 fully saturated rings. The third-order valence-corrected chi connectivity index (χ3v) is 2.30. The Morgan fingerprint density at radius 1 is 1.13 bits per heavy atom. The van der Waals surface area contributed by atoms with Gasteiger partial charge in [-0.25, -0.2) is 4.98 Å². The quantitative estimate of drug-likeness (QED) is 0.726. The van der Waals surface area contributed by atoms with Crippen LogP contribution >= 0.6 is 0 Å². The molecule has 2 heterocycles. The summed E-state index contributed by atoms with van der Waals surface area (Å²) in [5.41, 5.74) is 13.9. The molecule has 0 aromatic carbocycles. The highest BCUT2D eigenvalue weighted by atomic mass is 16.5. The molecule has 0 bridgehead atoms. The van der Waals surface area contributed by atoms with E-state index < -0.39 is 0 Å². The number of hydrogen-bond donors (Lipinski definition) is 2. The van der Waals surface area contributed by atoms with E-state index in [9.17, 15) is 0 Å². The second-order valence-corrected chi connectivity index (χ2v) is 3.25. The van der Waals surface area contributed by atoms with Crippen LogP contribution in [0.25, 0.3) is 11.0 Å². The number of hydrogen-bond acceptors (Lipinski definition) is 5. The molecule has 15 heavy (non-hydrogen) atoms. The first-order valence-electron chi connectivity index (χ1n) is 4.49. The second-order valence-electron chi connectivity index (χ2n) is 3.25. The summed E-state index contributed by atoms with van der Waals surface area (Å²) >= 11 is 0. The average molecular weight is 204 g/mol. The lowest BCUT2D eigenvalue weighted by atomic mass is 10.2. The van der Waals surface area contributed by atoms with Gasteiger partial charge in [0.2, 0.25) is 5.88 Å². The number of aryl methyl sites for hydroxylation is 1. The zero-order valence-corrected chi connectivity index (χ0v) is 8.61. The highest BCUT2D eigenvalue weighted by Gasteiger charge is 2.08. The Labute approximate surface area is 87.1 Å². The molecule has 0 radical (unpaired) electrons. The van der Waals surface area contributed by atoms with Crippen molar-refractivity contribution in [3.8, 4) is 5.88 Å². The molecular weight excluding hydrogens is 192 g/mol. The number of nitrogens with zero attached hydrogens (tertiary/aromatic N) is 2. The van der Waals surface area contributed by atoms with Crippen molar-refractivity contribution in [1.82, 2.24) is 9.97 Å². The molecule has 0 aliphatic carbocycles. The number of anilines is 2. The first-order valence-corrected chi connectivity index (χ1v) is 4.49. The topological polar surface area (TPSA) is 87.0 Å². The maximum atomic E-state index is 5.86. The van der Waals surface area contributed by atoms with Crippen molar-refractivity contribution < 1.29 is 4.74 Å². The molecule has 2 aromatic rings. The Morgan fingerprint density at radius 2 is 1.87 bits per heavy atom. The van der Waals surface area contributed by atoms with Gasteiger partial charge in [0.15, 0.2) is 5.65 Å². The summed E-state index contributed by atoms with van der Waals surface area (Å²) in [6.45, 7) is 1.80. The Hall–Kier alpha value is -2.04. The van der Waals surface area contributed by atoms with Crippen molar-refractivity contribution in [3.05, 3.63) is 17.8 Å². The van der Waals surface area contributed by atoms with E-state index in [4.69, 9.17) is 16.2 Å². The van der Waals surface area contributed by atoms with Crippen molar-refractivity contribution in [2.24, 2.45) is 0 Å². The van der Waals surface area contributed by atoms with Gasteiger partial charge in [-0.05, 0) is 13.0 Å². The lowest BCUT2D eigenvalue weighted by Crippen LogP contribution is -2.02. The van der Waals surface area contributed by atoms with Gasteiger partial charge >= 0.3 is 0 Å². The molecule has 0 unspecified atom stereocenters. The molecule has 5 heteroatoms. The number of nitrogen functional groups attached to an aromatic ring is 2. The third kappa shape index (κ3) is 1.41. The summed E-state index contributed by atoms with van der Waals surface area (Å²) in [6.07, 6.45) is 0. The van der Waals surface area contributed by atoms with Crippen LogP contribution in [0.1, 0.15) is 5.69 Å². The molecule has 5 nitrogen and oxygen atoms in total. The first kappa shape index (κ1) is 9.51. The number of aromatic nitrogens is 2. The van der Waals surface area contributed by atoms with Crippen LogP contribution in [0.3, 0.4) is 0 Å². The van der Waals surface area contributed by atoms with Crippen molar-refractivity contribution in [1.29, 1.82) is 0 Å². The van der Waals surface area contributed by atoms with Gasteiger partial charge in [0.05, 0.1) is 24.2 Å². The van der Waals surface area contributed by atoms with E-state index in [2.05, 4.69) is 9.97 Å². The van der Waals surface area contributed by atoms with Gasteiger partial charge in [0, 0.05) is 11.5 Å². The van der Waals surface area contributed by atoms with E-state index in [1.807, 2.05) is 0 Å². The number of fused-ring (bicyclic) bond motifs is 1. The summed E-state index contributed by atoms with van der Waals surface area (Å²) in [5, 5.41) is 0.749. The van der Waals surface area contributed by atoms with Gasteiger partial charge in [-0.3, -0.25) is 0 Å². The van der Waals surface area contributed by atoms with Gasteiger partial charge < -0.3 is 16.2 Å². The summed E-state index contributed by atoms with van der Waals surface area (Å²) in [5.74, 6) is 0.513. The van der Waals surface area contributed by atoms with Gasteiger partial charge in [0.25, 0.3) is 0 Å². The highest BCUT2D eigenvalue weighted by molar-refractivity contribution is 5.94. The van der Waals surface area contributed by atoms with Crippen LogP contribution in [0.15, 0.2) is 12.1 Å². The van der Waals surface area contributed by atoms with E-state index in [0.717, 1.165) is 5.39 Å². The minimum Gasteiger partial charge on any atom is -0.481 e. The van der Waals surface area contributed by atoms with Crippen LogP contribution in [-0.2, 0) is 0 Å². The molecule has 0 atom stereocenters. The fourth-order valence-electron chi connectivity index (χ4n) is 1.40. The van der Waals surface area contributed by atoms with Gasteiger partial charge in [-0.2, -0.15) is 4.98 Å². The molecule has 0 amide bonds. The van der Waals surface area contributed by atoms with E-state index in [1.54, 1.807) is 26.2 Å². The van der Waals surface area contributed by atoms with Crippen molar-refractivity contribution in [2.45, 2.75) is 6.92 Å². The monoisotopic (exact) mass is 204 g/mol. The number of ether oxygens (including phenoxy) is 1. The second kappa shape index (κ2) is 3.27. The molecule has 0 aliphatic rings. The van der Waals surface area contributed by atoms with Crippen molar-refractivity contribution in [3.63, 3.8) is 0 Å². The zero-order valence-electron chi connectivity index (χ0n) is 8.61. The van der Waals surface area contributed by atoms with Crippen molar-refractivity contribution >= 4 is 22.4 Å². The number of methoxy groups -OCH3 is 1. The summed E-state index contributed by atoms with van der Waals surface area (Å²) in [4.78, 5) is 8.44. The van der Waals surface area contributed by atoms with E-state index in [0.29, 0.717) is 28.6 Å². The Morgan fingerprint density at radius 3 is 2.53 bits per heavy atom. The van der Waals surface area contributed by atoms with Gasteiger partial charge in [-0.15, -0.1) is 0 Å². The van der Waals surface area contributed by atoms with E-state index in [-0.39, 0.29) is 0 Å². The molecule has 0 aliphatic heterocycles. The van der Waals surface area contributed by atoms with Crippen LogP contribution in [0.4, 0.5) is 11.4 Å². The predicted molar refractivity (Wildman–Crippen MR) is 59.7 cm³/mol. The third-order valence-electron chi connectivity index (χ3n) is 2.30.